The van der Waals surface area contributed by atoms with Crippen molar-refractivity contribution in [2.45, 2.75) is 70.4 Å². The minimum Gasteiger partial charge on any atom is -0.365 e. The number of rotatable bonds is 8. The van der Waals surface area contributed by atoms with Crippen LogP contribution in [0, 0.1) is 11.8 Å². The van der Waals surface area contributed by atoms with Crippen molar-refractivity contribution in [2.24, 2.45) is 11.8 Å². The first-order valence-corrected chi connectivity index (χ1v) is 28.2. The van der Waals surface area contributed by atoms with E-state index in [-0.39, 0.29) is 12.1 Å². The van der Waals surface area contributed by atoms with Crippen molar-refractivity contribution in [1.29, 1.82) is 0 Å². The Hall–Kier alpha value is -8.34. The highest BCUT2D eigenvalue weighted by molar-refractivity contribution is 7.00. The number of hydrogen-bond donors (Lipinski definition) is 0. The van der Waals surface area contributed by atoms with Gasteiger partial charge in [-0.2, -0.15) is 0 Å². The van der Waals surface area contributed by atoms with Crippen LogP contribution in [0.3, 0.4) is 0 Å². The van der Waals surface area contributed by atoms with Gasteiger partial charge >= 0.3 is 0 Å². The number of para-hydroxylation sites is 2. The number of hydrogen-bond acceptors (Lipinski definition) is 3. The molecule has 0 amide bonds. The van der Waals surface area contributed by atoms with Crippen LogP contribution in [0.5, 0.6) is 0 Å². The molecule has 10 aromatic carbocycles. The van der Waals surface area contributed by atoms with Gasteiger partial charge in [0.15, 0.2) is 0 Å². The van der Waals surface area contributed by atoms with Crippen molar-refractivity contribution >= 4 is 62.9 Å². The van der Waals surface area contributed by atoms with E-state index in [1.54, 1.807) is 0 Å². The minimum absolute atomic E-state index is 0.0629. The Morgan fingerprint density at radius 1 is 0.351 bits per heavy atom. The van der Waals surface area contributed by atoms with Crippen molar-refractivity contribution in [1.82, 2.24) is 0 Å². The normalized spacial score (nSPS) is 18.7. The summed E-state index contributed by atoms with van der Waals surface area (Å²) in [6.45, 7) is 7.12. The molecule has 10 aromatic rings. The van der Waals surface area contributed by atoms with Gasteiger partial charge in [-0.15, -0.1) is 0 Å². The maximum absolute atomic E-state index is 2.90. The molecule has 4 heteroatoms. The van der Waals surface area contributed by atoms with Crippen LogP contribution in [-0.2, 0) is 5.41 Å². The number of fused-ring (bicyclic) bond motifs is 4. The Kier molecular flexibility index (Phi) is 10.9. The Balaban J connectivity index is 1.09. The fourth-order valence-corrected chi connectivity index (χ4v) is 14.8. The molecule has 0 unspecified atom stereocenters. The van der Waals surface area contributed by atoms with E-state index in [2.05, 4.69) is 272 Å². The SMILES string of the molecule is CC(C)(C)c1cc2c3c(c1)N(c1c(-c4ccccc4)cccc1-c1ccccc1)c1cc(N4C5CC6CC(C5)CC4C6)ccc1B3c1ccc(-c3ccccc3)cc1N2c1c(-c2ccccc2)cccc1-c1ccccc1. The second kappa shape index (κ2) is 18.2. The second-order valence-electron chi connectivity index (χ2n) is 23.7. The first-order valence-electron chi connectivity index (χ1n) is 28.2. The van der Waals surface area contributed by atoms with E-state index in [4.69, 9.17) is 0 Å². The average molecular weight is 992 g/mol. The lowest BCUT2D eigenvalue weighted by molar-refractivity contribution is 0.0900. The third-order valence-electron chi connectivity index (χ3n) is 18.1. The van der Waals surface area contributed by atoms with Crippen LogP contribution in [0.2, 0.25) is 0 Å². The monoisotopic (exact) mass is 992 g/mol. The van der Waals surface area contributed by atoms with Crippen molar-refractivity contribution in [3.05, 3.63) is 242 Å². The van der Waals surface area contributed by atoms with Crippen LogP contribution in [-0.4, -0.2) is 18.8 Å². The molecule has 3 nitrogen and oxygen atoms in total. The van der Waals surface area contributed by atoms with E-state index in [0.29, 0.717) is 12.1 Å². The zero-order chi connectivity index (χ0) is 51.4. The molecule has 4 bridgehead atoms. The van der Waals surface area contributed by atoms with Crippen LogP contribution in [0.15, 0.2) is 237 Å². The third kappa shape index (κ3) is 7.62. The molecule has 6 aliphatic rings. The van der Waals surface area contributed by atoms with Crippen LogP contribution < -0.4 is 31.1 Å². The van der Waals surface area contributed by atoms with Crippen LogP contribution in [0.4, 0.5) is 39.8 Å². The van der Waals surface area contributed by atoms with Gasteiger partial charge < -0.3 is 14.7 Å². The standard InChI is InChI=1S/C73H62BN3/c1-73(2,3)56-45-68-70-69(46-56)77(72-62(53-27-15-7-16-28-53)33-20-34-63(72)54-29-17-8-18-30-54)67-47-57(75-58-40-48-39-49(42-58)43-59(75)41-48)36-38-65(67)74(70)64-37-35-55(50-21-9-4-10-22-50)44-66(64)76(68)71-60(51-23-11-5-12-24-51)31-19-32-61(71)52-25-13-6-14-26-52/h4-38,44-49,58-59H,39-43H2,1-3H3. The van der Waals surface area contributed by atoms with Gasteiger partial charge in [-0.1, -0.05) is 227 Å². The van der Waals surface area contributed by atoms with Gasteiger partial charge in [-0.25, -0.2) is 0 Å². The summed E-state index contributed by atoms with van der Waals surface area (Å²) in [5.74, 6) is 1.74. The molecule has 0 radical (unpaired) electrons. The number of anilines is 7. The van der Waals surface area contributed by atoms with Gasteiger partial charge in [0.25, 0.3) is 6.71 Å². The van der Waals surface area contributed by atoms with Gasteiger partial charge in [0, 0.05) is 62.8 Å². The van der Waals surface area contributed by atoms with E-state index in [1.165, 1.54) is 150 Å². The zero-order valence-corrected chi connectivity index (χ0v) is 44.3. The van der Waals surface area contributed by atoms with E-state index in [1.807, 2.05) is 0 Å². The molecular formula is C73H62BN3. The predicted octanol–water partition coefficient (Wildman–Crippen LogP) is 17.2. The fourth-order valence-electron chi connectivity index (χ4n) is 14.8. The minimum atomic E-state index is -0.207. The van der Waals surface area contributed by atoms with E-state index < -0.39 is 0 Å². The van der Waals surface area contributed by atoms with Gasteiger partial charge in [-0.3, -0.25) is 0 Å². The molecule has 2 saturated heterocycles. The van der Waals surface area contributed by atoms with Crippen LogP contribution in [0.1, 0.15) is 58.4 Å². The van der Waals surface area contributed by atoms with Crippen molar-refractivity contribution in [2.75, 3.05) is 14.7 Å². The summed E-state index contributed by atoms with van der Waals surface area (Å²) >= 11 is 0. The molecule has 2 saturated carbocycles. The summed E-state index contributed by atoms with van der Waals surface area (Å²) < 4.78 is 0. The quantitative estimate of drug-likeness (QED) is 0.141. The lowest BCUT2D eigenvalue weighted by Gasteiger charge is -2.57. The molecule has 4 aliphatic heterocycles. The summed E-state index contributed by atoms with van der Waals surface area (Å²) in [6, 6.07) is 90.7. The highest BCUT2D eigenvalue weighted by Crippen LogP contribution is 2.56. The fraction of sp³-hybridized carbons (Fsp3) is 0.178. The lowest BCUT2D eigenvalue weighted by Crippen LogP contribution is -2.62. The molecule has 372 valence electrons. The maximum atomic E-state index is 2.90. The Labute approximate surface area is 455 Å². The van der Waals surface area contributed by atoms with Crippen molar-refractivity contribution in [3.8, 4) is 55.6 Å². The highest BCUT2D eigenvalue weighted by Gasteiger charge is 2.49. The van der Waals surface area contributed by atoms with Crippen molar-refractivity contribution in [3.63, 3.8) is 0 Å². The summed E-state index contributed by atoms with van der Waals surface area (Å²) in [7, 11) is 0. The lowest BCUT2D eigenvalue weighted by atomic mass is 9.33. The number of nitrogens with zero attached hydrogens (tertiary/aromatic N) is 3. The highest BCUT2D eigenvalue weighted by atomic mass is 15.2. The van der Waals surface area contributed by atoms with Crippen LogP contribution >= 0.6 is 0 Å². The topological polar surface area (TPSA) is 9.72 Å². The molecule has 16 rings (SSSR count). The summed E-state index contributed by atoms with van der Waals surface area (Å²) in [6.07, 6.45) is 6.69. The molecule has 4 heterocycles. The zero-order valence-electron chi connectivity index (χ0n) is 44.3. The Morgan fingerprint density at radius 2 is 0.740 bits per heavy atom. The number of piperidine rings is 2. The van der Waals surface area contributed by atoms with Gasteiger partial charge in [-0.05, 0) is 135 Å². The predicted molar refractivity (Wildman–Crippen MR) is 326 cm³/mol. The van der Waals surface area contributed by atoms with Gasteiger partial charge in [0.2, 0.25) is 0 Å². The third-order valence-corrected chi connectivity index (χ3v) is 18.1. The maximum Gasteiger partial charge on any atom is 0.252 e. The van der Waals surface area contributed by atoms with Gasteiger partial charge in [0.1, 0.15) is 0 Å². The average Bonchev–Trinajstić information content (AvgIpc) is 3.47. The summed E-state index contributed by atoms with van der Waals surface area (Å²) in [5.41, 5.74) is 25.8. The largest absolute Gasteiger partial charge is 0.365 e. The molecule has 77 heavy (non-hydrogen) atoms. The first kappa shape index (κ1) is 46.0. The number of benzene rings is 10. The van der Waals surface area contributed by atoms with E-state index >= 15 is 0 Å². The molecular weight excluding hydrogens is 930 g/mol. The molecule has 0 aromatic heterocycles. The van der Waals surface area contributed by atoms with E-state index in [9.17, 15) is 0 Å². The van der Waals surface area contributed by atoms with Gasteiger partial charge in [0.05, 0.1) is 11.4 Å². The van der Waals surface area contributed by atoms with Crippen LogP contribution in [0.25, 0.3) is 55.6 Å². The van der Waals surface area contributed by atoms with E-state index in [0.717, 1.165) is 11.8 Å². The second-order valence-corrected chi connectivity index (χ2v) is 23.7. The molecule has 4 fully saturated rings. The van der Waals surface area contributed by atoms with Crippen molar-refractivity contribution < 1.29 is 0 Å². The smallest absolute Gasteiger partial charge is 0.252 e. The molecule has 2 aliphatic carbocycles. The molecule has 0 atom stereocenters. The summed E-state index contributed by atoms with van der Waals surface area (Å²) in [4.78, 5) is 8.33. The Bertz CT molecular complexity index is 3720. The molecule has 0 N–H and O–H groups in total. The Morgan fingerprint density at radius 3 is 1.16 bits per heavy atom. The molecule has 0 spiro atoms. The first-order chi connectivity index (χ1) is 37.8. The summed E-state index contributed by atoms with van der Waals surface area (Å²) in [5, 5.41) is 0.